The van der Waals surface area contributed by atoms with Crippen molar-refractivity contribution in [1.29, 1.82) is 0 Å². The molecule has 5 nitrogen and oxygen atoms in total. The van der Waals surface area contributed by atoms with Crippen molar-refractivity contribution in [2.75, 3.05) is 11.9 Å². The molecule has 1 aromatic heterocycles. The summed E-state index contributed by atoms with van der Waals surface area (Å²) in [6.07, 6.45) is 6.57. The zero-order chi connectivity index (χ0) is 16.6. The molecule has 124 valence electrons. The van der Waals surface area contributed by atoms with Gasteiger partial charge < -0.3 is 10.6 Å². The topological polar surface area (TPSA) is 66.9 Å². The maximum atomic E-state index is 12.7. The van der Waals surface area contributed by atoms with E-state index in [-0.39, 0.29) is 17.4 Å². The molecule has 1 aromatic carbocycles. The molecule has 1 unspecified atom stereocenters. The first kappa shape index (κ1) is 15.3. The lowest BCUT2D eigenvalue weighted by molar-refractivity contribution is -0.125. The number of rotatable bonds is 3. The van der Waals surface area contributed by atoms with E-state index in [4.69, 9.17) is 0 Å². The third-order valence-corrected chi connectivity index (χ3v) is 5.33. The fourth-order valence-electron chi connectivity index (χ4n) is 4.00. The molecule has 2 heterocycles. The number of benzene rings is 1. The smallest absolute Gasteiger partial charge is 0.242 e. The van der Waals surface area contributed by atoms with Crippen LogP contribution < -0.4 is 10.6 Å². The van der Waals surface area contributed by atoms with Crippen LogP contribution in [0.15, 0.2) is 36.5 Å². The number of nitrogens with zero attached hydrogens (tertiary/aromatic N) is 2. The summed E-state index contributed by atoms with van der Waals surface area (Å²) in [6, 6.07) is 9.67. The minimum Gasteiger partial charge on any atom is -0.325 e. The van der Waals surface area contributed by atoms with E-state index in [9.17, 15) is 4.79 Å². The summed E-state index contributed by atoms with van der Waals surface area (Å²) in [5.74, 6) is 0.822. The Kier molecular flexibility index (Phi) is 3.81. The normalized spacial score (nSPS) is 21.5. The third-order valence-electron chi connectivity index (χ3n) is 5.33. The van der Waals surface area contributed by atoms with Crippen molar-refractivity contribution in [1.82, 2.24) is 15.3 Å². The first-order chi connectivity index (χ1) is 11.7. The zero-order valence-corrected chi connectivity index (χ0v) is 13.9. The number of hydrogen-bond donors (Lipinski definition) is 2. The second-order valence-electron chi connectivity index (χ2n) is 6.94. The van der Waals surface area contributed by atoms with E-state index in [0.717, 1.165) is 29.3 Å². The van der Waals surface area contributed by atoms with Gasteiger partial charge in [0.05, 0.1) is 11.7 Å². The van der Waals surface area contributed by atoms with E-state index >= 15 is 0 Å². The van der Waals surface area contributed by atoms with Crippen LogP contribution in [0.1, 0.15) is 31.5 Å². The molecule has 1 spiro atoms. The van der Waals surface area contributed by atoms with Crippen molar-refractivity contribution in [2.45, 2.75) is 38.6 Å². The fourth-order valence-corrected chi connectivity index (χ4v) is 4.00. The van der Waals surface area contributed by atoms with Gasteiger partial charge in [-0.25, -0.2) is 9.97 Å². The van der Waals surface area contributed by atoms with Gasteiger partial charge in [0, 0.05) is 29.4 Å². The molecule has 1 aliphatic heterocycles. The van der Waals surface area contributed by atoms with Gasteiger partial charge in [-0.3, -0.25) is 4.79 Å². The maximum Gasteiger partial charge on any atom is 0.242 e. The van der Waals surface area contributed by atoms with Gasteiger partial charge in [-0.05, 0) is 38.0 Å². The van der Waals surface area contributed by atoms with Crippen LogP contribution in [0.5, 0.6) is 0 Å². The molecule has 1 saturated heterocycles. The molecule has 4 rings (SSSR count). The minimum atomic E-state index is -0.0510. The quantitative estimate of drug-likeness (QED) is 0.912. The summed E-state index contributed by atoms with van der Waals surface area (Å²) >= 11 is 0. The first-order valence-corrected chi connectivity index (χ1v) is 8.61. The van der Waals surface area contributed by atoms with E-state index in [1.165, 1.54) is 25.7 Å². The van der Waals surface area contributed by atoms with E-state index in [2.05, 4.69) is 20.6 Å². The average Bonchev–Trinajstić information content (AvgIpc) is 3.06. The maximum absolute atomic E-state index is 12.7. The highest BCUT2D eigenvalue weighted by Gasteiger charge is 2.51. The van der Waals surface area contributed by atoms with Gasteiger partial charge in [0.2, 0.25) is 5.91 Å². The second-order valence-corrected chi connectivity index (χ2v) is 6.94. The number of nitrogens with one attached hydrogen (secondary N) is 2. The van der Waals surface area contributed by atoms with Gasteiger partial charge in [-0.15, -0.1) is 0 Å². The van der Waals surface area contributed by atoms with E-state index < -0.39 is 0 Å². The molecule has 2 fully saturated rings. The van der Waals surface area contributed by atoms with Crippen molar-refractivity contribution in [3.63, 3.8) is 0 Å². The number of aromatic nitrogens is 2. The van der Waals surface area contributed by atoms with Crippen molar-refractivity contribution in [3.05, 3.63) is 42.4 Å². The number of anilines is 1. The van der Waals surface area contributed by atoms with Crippen LogP contribution in [-0.4, -0.2) is 28.5 Å². The summed E-state index contributed by atoms with van der Waals surface area (Å²) in [6.45, 7) is 2.85. The van der Waals surface area contributed by atoms with Crippen LogP contribution >= 0.6 is 0 Å². The zero-order valence-electron chi connectivity index (χ0n) is 13.9. The Bertz CT molecular complexity index is 767. The number of hydrogen-bond acceptors (Lipinski definition) is 4. The largest absolute Gasteiger partial charge is 0.325 e. The van der Waals surface area contributed by atoms with Crippen molar-refractivity contribution in [2.24, 2.45) is 5.41 Å². The molecular formula is C19H22N4O. The molecule has 1 amide bonds. The summed E-state index contributed by atoms with van der Waals surface area (Å²) in [4.78, 5) is 21.2. The van der Waals surface area contributed by atoms with Gasteiger partial charge >= 0.3 is 0 Å². The summed E-state index contributed by atoms with van der Waals surface area (Å²) in [5.41, 5.74) is 2.87. The van der Waals surface area contributed by atoms with Gasteiger partial charge in [0.25, 0.3) is 0 Å². The molecule has 5 heteroatoms. The Labute approximate surface area is 141 Å². The van der Waals surface area contributed by atoms with Gasteiger partial charge in [-0.1, -0.05) is 25.0 Å². The predicted octanol–water partition coefficient (Wildman–Crippen LogP) is 2.92. The lowest BCUT2D eigenvalue weighted by Crippen LogP contribution is -2.66. The van der Waals surface area contributed by atoms with E-state index in [1.807, 2.05) is 37.3 Å². The molecule has 0 bridgehead atoms. The molecule has 1 aliphatic carbocycles. The number of amides is 1. The molecular weight excluding hydrogens is 300 g/mol. The van der Waals surface area contributed by atoms with Crippen LogP contribution in [0.4, 0.5) is 5.69 Å². The van der Waals surface area contributed by atoms with Crippen LogP contribution in [0.3, 0.4) is 0 Å². The number of aryl methyl sites for hydroxylation is 1. The second kappa shape index (κ2) is 5.98. The molecule has 2 aromatic rings. The summed E-state index contributed by atoms with van der Waals surface area (Å²) in [7, 11) is 0. The Hall–Kier alpha value is -2.27. The van der Waals surface area contributed by atoms with Crippen molar-refractivity contribution < 1.29 is 4.79 Å². The Balaban J connectivity index is 1.51. The molecule has 1 saturated carbocycles. The van der Waals surface area contributed by atoms with Gasteiger partial charge in [0.15, 0.2) is 0 Å². The molecule has 0 radical (unpaired) electrons. The Morgan fingerprint density at radius 2 is 2.12 bits per heavy atom. The van der Waals surface area contributed by atoms with Crippen LogP contribution in [0.25, 0.3) is 11.3 Å². The minimum absolute atomic E-state index is 0.0510. The van der Waals surface area contributed by atoms with Gasteiger partial charge in [0.1, 0.15) is 5.82 Å². The summed E-state index contributed by atoms with van der Waals surface area (Å²) in [5, 5.41) is 6.39. The molecule has 2 N–H and O–H groups in total. The van der Waals surface area contributed by atoms with Crippen LogP contribution in [-0.2, 0) is 4.79 Å². The summed E-state index contributed by atoms with van der Waals surface area (Å²) < 4.78 is 0. The number of carbonyl (C=O) groups is 1. The lowest BCUT2D eigenvalue weighted by atomic mass is 9.71. The highest BCUT2D eigenvalue weighted by molar-refractivity contribution is 5.96. The first-order valence-electron chi connectivity index (χ1n) is 8.61. The average molecular weight is 322 g/mol. The highest BCUT2D eigenvalue weighted by Crippen LogP contribution is 2.45. The Morgan fingerprint density at radius 3 is 2.83 bits per heavy atom. The molecule has 1 atom stereocenters. The van der Waals surface area contributed by atoms with Crippen LogP contribution in [0, 0.1) is 12.3 Å². The third kappa shape index (κ3) is 2.69. The SMILES string of the molecule is Cc1nccc(-c2cccc(NC(=O)C3NCC34CCCC4)c2)n1. The Morgan fingerprint density at radius 1 is 1.29 bits per heavy atom. The predicted molar refractivity (Wildman–Crippen MR) is 93.5 cm³/mol. The fraction of sp³-hybridized carbons (Fsp3) is 0.421. The van der Waals surface area contributed by atoms with Crippen molar-refractivity contribution in [3.8, 4) is 11.3 Å². The number of carbonyl (C=O) groups excluding carboxylic acids is 1. The van der Waals surface area contributed by atoms with E-state index in [1.54, 1.807) is 6.20 Å². The van der Waals surface area contributed by atoms with Crippen molar-refractivity contribution >= 4 is 11.6 Å². The standard InChI is InChI=1S/C19H22N4O/c1-13-20-10-7-16(22-13)14-5-4-6-15(11-14)23-18(24)17-19(12-21-17)8-2-3-9-19/h4-7,10-11,17,21H,2-3,8-9,12H2,1H3,(H,23,24). The highest BCUT2D eigenvalue weighted by atomic mass is 16.2. The molecule has 2 aliphatic rings. The van der Waals surface area contributed by atoms with Gasteiger partial charge in [-0.2, -0.15) is 0 Å². The van der Waals surface area contributed by atoms with Crippen LogP contribution in [0.2, 0.25) is 0 Å². The van der Waals surface area contributed by atoms with E-state index in [0.29, 0.717) is 0 Å². The molecule has 24 heavy (non-hydrogen) atoms. The lowest BCUT2D eigenvalue weighted by Gasteiger charge is -2.47. The monoisotopic (exact) mass is 322 g/mol.